The number of hydrogen-bond donors (Lipinski definition) is 1. The summed E-state index contributed by atoms with van der Waals surface area (Å²) in [7, 11) is 3.30. The Morgan fingerprint density at radius 1 is 1.25 bits per heavy atom. The molecule has 0 heterocycles. The summed E-state index contributed by atoms with van der Waals surface area (Å²) >= 11 is 7.71. The largest absolute Gasteiger partial charge is 0.495 e. The van der Waals surface area contributed by atoms with Gasteiger partial charge in [0.15, 0.2) is 0 Å². The first-order valence-corrected chi connectivity index (χ1v) is 7.18. The summed E-state index contributed by atoms with van der Waals surface area (Å²) in [6, 6.07) is 12.8. The highest BCUT2D eigenvalue weighted by atomic mass is 79.9. The number of rotatable bonds is 3. The van der Waals surface area contributed by atoms with E-state index in [0.29, 0.717) is 16.2 Å². The molecule has 2 rings (SSSR count). The van der Waals surface area contributed by atoms with E-state index in [1.54, 1.807) is 31.2 Å². The van der Waals surface area contributed by atoms with Gasteiger partial charge in [0.05, 0.1) is 18.4 Å². The molecule has 0 bridgehead atoms. The molecule has 2 aromatic carbocycles. The molecule has 3 nitrogen and oxygen atoms in total. The lowest BCUT2D eigenvalue weighted by Crippen LogP contribution is -2.27. The van der Waals surface area contributed by atoms with Crippen molar-refractivity contribution in [1.29, 1.82) is 0 Å². The van der Waals surface area contributed by atoms with Gasteiger partial charge < -0.3 is 9.64 Å². The number of hydrogen-bond acceptors (Lipinski definition) is 3. The number of anilines is 1. The van der Waals surface area contributed by atoms with Gasteiger partial charge in [-0.15, -0.1) is 12.6 Å². The molecular weight excluding hydrogens is 338 g/mol. The predicted molar refractivity (Wildman–Crippen MR) is 87.1 cm³/mol. The van der Waals surface area contributed by atoms with Crippen LogP contribution < -0.4 is 9.64 Å². The Kier molecular flexibility index (Phi) is 4.73. The quantitative estimate of drug-likeness (QED) is 0.846. The van der Waals surface area contributed by atoms with E-state index in [2.05, 4.69) is 28.6 Å². The van der Waals surface area contributed by atoms with Gasteiger partial charge in [-0.1, -0.05) is 28.1 Å². The molecule has 0 aliphatic carbocycles. The van der Waals surface area contributed by atoms with E-state index < -0.39 is 0 Å². The Hall–Kier alpha value is -1.46. The second-order valence-electron chi connectivity index (χ2n) is 4.20. The molecule has 0 aliphatic heterocycles. The first-order valence-electron chi connectivity index (χ1n) is 5.94. The van der Waals surface area contributed by atoms with Crippen LogP contribution in [0.1, 0.15) is 10.4 Å². The van der Waals surface area contributed by atoms with Gasteiger partial charge in [-0.25, -0.2) is 0 Å². The molecule has 0 atom stereocenters. The zero-order valence-electron chi connectivity index (χ0n) is 11.1. The molecule has 20 heavy (non-hydrogen) atoms. The van der Waals surface area contributed by atoms with Gasteiger partial charge in [-0.05, 0) is 30.3 Å². The van der Waals surface area contributed by atoms with Crippen LogP contribution in [0.3, 0.4) is 0 Å². The van der Waals surface area contributed by atoms with Crippen molar-refractivity contribution in [3.8, 4) is 5.75 Å². The van der Waals surface area contributed by atoms with Gasteiger partial charge in [0, 0.05) is 16.4 Å². The molecule has 104 valence electrons. The van der Waals surface area contributed by atoms with Crippen molar-refractivity contribution in [3.05, 3.63) is 52.5 Å². The van der Waals surface area contributed by atoms with Crippen molar-refractivity contribution < 1.29 is 9.53 Å². The summed E-state index contributed by atoms with van der Waals surface area (Å²) in [4.78, 5) is 14.7. The summed E-state index contributed by atoms with van der Waals surface area (Å²) in [6.45, 7) is 0. The number of nitrogens with zero attached hydrogens (tertiary/aromatic N) is 1. The predicted octanol–water partition coefficient (Wildman–Crippen LogP) is 4.02. The summed E-state index contributed by atoms with van der Waals surface area (Å²) in [5, 5.41) is 0. The molecule has 0 radical (unpaired) electrons. The molecule has 0 N–H and O–H groups in total. The first-order chi connectivity index (χ1) is 9.54. The minimum absolute atomic E-state index is 0.132. The summed E-state index contributed by atoms with van der Waals surface area (Å²) in [6.07, 6.45) is 0. The lowest BCUT2D eigenvalue weighted by molar-refractivity contribution is 0.0989. The standard InChI is InChI=1S/C15H14BrNO2S/c1-17(12-5-3-4-6-13(12)19-2)15(18)11-8-7-10(16)9-14(11)20/h3-9,20H,1-2H3. The SMILES string of the molecule is COc1ccccc1N(C)C(=O)c1ccc(Br)cc1S. The normalized spacial score (nSPS) is 10.2. The average Bonchev–Trinajstić information content (AvgIpc) is 2.45. The van der Waals surface area contributed by atoms with Gasteiger partial charge in [0.1, 0.15) is 5.75 Å². The fourth-order valence-electron chi connectivity index (χ4n) is 1.88. The minimum Gasteiger partial charge on any atom is -0.495 e. The Bertz CT molecular complexity index is 646. The van der Waals surface area contributed by atoms with E-state index in [0.717, 1.165) is 10.2 Å². The van der Waals surface area contributed by atoms with Gasteiger partial charge >= 0.3 is 0 Å². The zero-order chi connectivity index (χ0) is 14.7. The average molecular weight is 352 g/mol. The van der Waals surface area contributed by atoms with Crippen molar-refractivity contribution in [2.75, 3.05) is 19.1 Å². The van der Waals surface area contributed by atoms with E-state index in [1.807, 2.05) is 30.3 Å². The highest BCUT2D eigenvalue weighted by Gasteiger charge is 2.18. The third-order valence-corrected chi connectivity index (χ3v) is 3.80. The Morgan fingerprint density at radius 2 is 1.95 bits per heavy atom. The van der Waals surface area contributed by atoms with Gasteiger partial charge in [0.25, 0.3) is 5.91 Å². The van der Waals surface area contributed by atoms with Crippen molar-refractivity contribution >= 4 is 40.2 Å². The number of thiol groups is 1. The number of ether oxygens (including phenoxy) is 1. The van der Waals surface area contributed by atoms with Gasteiger partial charge in [-0.2, -0.15) is 0 Å². The highest BCUT2D eigenvalue weighted by Crippen LogP contribution is 2.29. The van der Waals surface area contributed by atoms with Crippen LogP contribution in [-0.2, 0) is 0 Å². The summed E-state index contributed by atoms with van der Waals surface area (Å²) in [5.74, 6) is 0.521. The fraction of sp³-hybridized carbons (Fsp3) is 0.133. The zero-order valence-corrected chi connectivity index (χ0v) is 13.6. The molecule has 0 fully saturated rings. The summed E-state index contributed by atoms with van der Waals surface area (Å²) in [5.41, 5.74) is 1.26. The van der Waals surface area contributed by atoms with E-state index >= 15 is 0 Å². The number of para-hydroxylation sites is 2. The molecule has 0 saturated heterocycles. The molecule has 0 unspecified atom stereocenters. The number of amides is 1. The lowest BCUT2D eigenvalue weighted by atomic mass is 10.2. The van der Waals surface area contributed by atoms with E-state index in [9.17, 15) is 4.79 Å². The Balaban J connectivity index is 2.37. The van der Waals surface area contributed by atoms with Crippen LogP contribution in [0.15, 0.2) is 51.8 Å². The van der Waals surface area contributed by atoms with Crippen LogP contribution in [0.25, 0.3) is 0 Å². The van der Waals surface area contributed by atoms with Crippen LogP contribution in [-0.4, -0.2) is 20.1 Å². The molecule has 0 saturated carbocycles. The van der Waals surface area contributed by atoms with E-state index in [1.165, 1.54) is 0 Å². The first kappa shape index (κ1) is 14.9. The Morgan fingerprint density at radius 3 is 2.60 bits per heavy atom. The minimum atomic E-state index is -0.132. The van der Waals surface area contributed by atoms with Crippen molar-refractivity contribution in [3.63, 3.8) is 0 Å². The number of carbonyl (C=O) groups is 1. The lowest BCUT2D eigenvalue weighted by Gasteiger charge is -2.20. The van der Waals surface area contributed by atoms with Crippen LogP contribution in [0.4, 0.5) is 5.69 Å². The number of methoxy groups -OCH3 is 1. The fourth-order valence-corrected chi connectivity index (χ4v) is 2.73. The second kappa shape index (κ2) is 6.33. The highest BCUT2D eigenvalue weighted by molar-refractivity contribution is 9.10. The van der Waals surface area contributed by atoms with Crippen LogP contribution in [0, 0.1) is 0 Å². The maximum atomic E-state index is 12.6. The van der Waals surface area contributed by atoms with Crippen LogP contribution in [0.5, 0.6) is 5.75 Å². The Labute approximate surface area is 132 Å². The smallest absolute Gasteiger partial charge is 0.259 e. The molecule has 5 heteroatoms. The molecule has 1 amide bonds. The molecule has 2 aromatic rings. The molecule has 0 spiro atoms. The van der Waals surface area contributed by atoms with Crippen molar-refractivity contribution in [1.82, 2.24) is 0 Å². The topological polar surface area (TPSA) is 29.5 Å². The maximum Gasteiger partial charge on any atom is 0.259 e. The van der Waals surface area contributed by atoms with Crippen molar-refractivity contribution in [2.24, 2.45) is 0 Å². The second-order valence-corrected chi connectivity index (χ2v) is 5.59. The molecular formula is C15H14BrNO2S. The van der Waals surface area contributed by atoms with Gasteiger partial charge in [0.2, 0.25) is 0 Å². The number of halogens is 1. The summed E-state index contributed by atoms with van der Waals surface area (Å²) < 4.78 is 6.17. The third kappa shape index (κ3) is 2.99. The van der Waals surface area contributed by atoms with Crippen LogP contribution in [0.2, 0.25) is 0 Å². The van der Waals surface area contributed by atoms with Crippen LogP contribution >= 0.6 is 28.6 Å². The third-order valence-electron chi connectivity index (χ3n) is 2.94. The molecule has 0 aliphatic rings. The molecule has 0 aromatic heterocycles. The van der Waals surface area contributed by atoms with Crippen molar-refractivity contribution in [2.45, 2.75) is 4.90 Å². The number of carbonyl (C=O) groups excluding carboxylic acids is 1. The monoisotopic (exact) mass is 351 g/mol. The van der Waals surface area contributed by atoms with Gasteiger partial charge in [-0.3, -0.25) is 4.79 Å². The maximum absolute atomic E-state index is 12.6. The van der Waals surface area contributed by atoms with E-state index in [-0.39, 0.29) is 5.91 Å². The van der Waals surface area contributed by atoms with E-state index in [4.69, 9.17) is 4.74 Å². The number of benzene rings is 2.